The highest BCUT2D eigenvalue weighted by Crippen LogP contribution is 2.33. The summed E-state index contributed by atoms with van der Waals surface area (Å²) < 4.78 is 15.3. The van der Waals surface area contributed by atoms with Gasteiger partial charge >= 0.3 is 0 Å². The van der Waals surface area contributed by atoms with Gasteiger partial charge in [-0.05, 0) is 30.5 Å². The fourth-order valence-corrected chi connectivity index (χ4v) is 2.89. The predicted octanol–water partition coefficient (Wildman–Crippen LogP) is 2.94. The van der Waals surface area contributed by atoms with Crippen molar-refractivity contribution in [2.45, 2.75) is 37.5 Å². The van der Waals surface area contributed by atoms with E-state index in [1.54, 1.807) is 16.8 Å². The number of hydrogen-bond donors (Lipinski definition) is 1. The fraction of sp³-hybridized carbons (Fsp3) is 0.462. The van der Waals surface area contributed by atoms with E-state index >= 15 is 0 Å². The quantitative estimate of drug-likeness (QED) is 0.519. The number of benzene rings is 1. The van der Waals surface area contributed by atoms with Crippen LogP contribution in [0.2, 0.25) is 0 Å². The lowest BCUT2D eigenvalue weighted by atomic mass is 9.88. The first-order valence-electron chi connectivity index (χ1n) is 6.56. The van der Waals surface area contributed by atoms with E-state index in [-0.39, 0.29) is 11.9 Å². The van der Waals surface area contributed by atoms with Crippen LogP contribution in [-0.4, -0.2) is 27.0 Å². The summed E-state index contributed by atoms with van der Waals surface area (Å²) in [6, 6.07) is 4.03. The fourth-order valence-electron chi connectivity index (χ4n) is 2.89. The Balaban J connectivity index is 2.02. The van der Waals surface area contributed by atoms with Crippen LogP contribution in [0, 0.1) is 5.82 Å². The van der Waals surface area contributed by atoms with Gasteiger partial charge in [0.05, 0.1) is 35.3 Å². The van der Waals surface area contributed by atoms with Crippen LogP contribution in [0.25, 0.3) is 21.3 Å². The molecule has 1 aliphatic rings. The summed E-state index contributed by atoms with van der Waals surface area (Å²) in [5, 5.41) is 18.6. The Bertz CT molecular complexity index is 678. The molecule has 1 heterocycles. The van der Waals surface area contributed by atoms with E-state index in [1.807, 2.05) is 0 Å². The summed E-state index contributed by atoms with van der Waals surface area (Å²) in [7, 11) is 0. The van der Waals surface area contributed by atoms with Gasteiger partial charge in [-0.15, -0.1) is 0 Å². The van der Waals surface area contributed by atoms with Crippen molar-refractivity contribution in [1.29, 1.82) is 0 Å². The lowest BCUT2D eigenvalue weighted by Crippen LogP contribution is -2.38. The molecule has 6 nitrogen and oxygen atoms in total. The van der Waals surface area contributed by atoms with Gasteiger partial charge in [0.2, 0.25) is 0 Å². The zero-order chi connectivity index (χ0) is 14.1. The average Bonchev–Trinajstić information content (AvgIpc) is 2.87. The first kappa shape index (κ1) is 12.9. The van der Waals surface area contributed by atoms with E-state index < -0.39 is 12.1 Å². The molecule has 0 bridgehead atoms. The second-order valence-electron chi connectivity index (χ2n) is 5.02. The molecule has 1 aromatic carbocycles. The highest BCUT2D eigenvalue weighted by Gasteiger charge is 2.33. The first-order valence-corrected chi connectivity index (χ1v) is 6.56. The molecule has 0 aliphatic heterocycles. The van der Waals surface area contributed by atoms with E-state index in [0.29, 0.717) is 17.3 Å². The van der Waals surface area contributed by atoms with Gasteiger partial charge in [-0.1, -0.05) is 17.6 Å². The van der Waals surface area contributed by atoms with Gasteiger partial charge in [0, 0.05) is 4.91 Å². The molecule has 0 radical (unpaired) electrons. The number of azide groups is 1. The zero-order valence-electron chi connectivity index (χ0n) is 10.7. The summed E-state index contributed by atoms with van der Waals surface area (Å²) in [4.78, 5) is 2.78. The van der Waals surface area contributed by atoms with Crippen molar-refractivity contribution in [3.63, 3.8) is 0 Å². The van der Waals surface area contributed by atoms with Gasteiger partial charge in [-0.2, -0.15) is 5.10 Å². The summed E-state index contributed by atoms with van der Waals surface area (Å²) >= 11 is 0. The second kappa shape index (κ2) is 5.11. The zero-order valence-corrected chi connectivity index (χ0v) is 10.7. The predicted molar refractivity (Wildman–Crippen MR) is 71.5 cm³/mol. The first-order chi connectivity index (χ1) is 9.72. The second-order valence-corrected chi connectivity index (χ2v) is 5.02. The molecule has 1 aromatic heterocycles. The molecule has 3 atom stereocenters. The van der Waals surface area contributed by atoms with Crippen molar-refractivity contribution in [3.8, 4) is 0 Å². The monoisotopic (exact) mass is 275 g/mol. The molecule has 0 spiro atoms. The van der Waals surface area contributed by atoms with Gasteiger partial charge < -0.3 is 5.11 Å². The number of nitrogens with zero attached hydrogens (tertiary/aromatic N) is 5. The van der Waals surface area contributed by atoms with Crippen LogP contribution in [0.15, 0.2) is 29.5 Å². The van der Waals surface area contributed by atoms with Gasteiger partial charge in [-0.3, -0.25) is 4.68 Å². The summed E-state index contributed by atoms with van der Waals surface area (Å²) in [6.07, 6.45) is 2.89. The van der Waals surface area contributed by atoms with Crippen molar-refractivity contribution in [1.82, 2.24) is 9.78 Å². The Labute approximate surface area is 114 Å². The Kier molecular flexibility index (Phi) is 3.30. The molecule has 0 saturated heterocycles. The minimum Gasteiger partial charge on any atom is -0.390 e. The van der Waals surface area contributed by atoms with Crippen molar-refractivity contribution >= 4 is 10.9 Å². The molecule has 20 heavy (non-hydrogen) atoms. The molecule has 3 rings (SSSR count). The summed E-state index contributed by atoms with van der Waals surface area (Å²) in [5.41, 5.74) is 9.19. The number of aliphatic hydroxyl groups excluding tert-OH is 1. The summed E-state index contributed by atoms with van der Waals surface area (Å²) in [6.45, 7) is 0. The molecule has 1 N–H and O–H groups in total. The van der Waals surface area contributed by atoms with Gasteiger partial charge in [0.15, 0.2) is 0 Å². The van der Waals surface area contributed by atoms with Gasteiger partial charge in [-0.25, -0.2) is 4.39 Å². The third kappa shape index (κ3) is 2.01. The normalized spacial score (nSPS) is 26.4. The molecule has 2 aromatic rings. The lowest BCUT2D eigenvalue weighted by molar-refractivity contribution is 0.0537. The number of rotatable bonds is 2. The summed E-state index contributed by atoms with van der Waals surface area (Å²) in [5.74, 6) is -0.328. The van der Waals surface area contributed by atoms with E-state index in [9.17, 15) is 9.50 Å². The Morgan fingerprint density at radius 1 is 1.45 bits per heavy atom. The minimum absolute atomic E-state index is 0.293. The standard InChI is InChI=1S/C13H14FN5O/c14-9-3-1-5-11-8(9)7-16-19(11)12-6-2-4-10(13(12)20)17-18-15/h1,3,5,7,10,12-13,20H,2,4,6H2/t10-,12+,13+/m1/s1. The number of hydrogen-bond acceptors (Lipinski definition) is 3. The molecule has 7 heteroatoms. The smallest absolute Gasteiger partial charge is 0.134 e. The van der Waals surface area contributed by atoms with Crippen LogP contribution in [-0.2, 0) is 0 Å². The average molecular weight is 275 g/mol. The van der Waals surface area contributed by atoms with Crippen LogP contribution in [0.4, 0.5) is 4.39 Å². The van der Waals surface area contributed by atoms with Crippen molar-refractivity contribution < 1.29 is 9.50 Å². The molecule has 0 amide bonds. The van der Waals surface area contributed by atoms with Crippen LogP contribution in [0.5, 0.6) is 0 Å². The lowest BCUT2D eigenvalue weighted by Gasteiger charge is -2.32. The number of halogens is 1. The Hall–Kier alpha value is -2.11. The molecular weight excluding hydrogens is 261 g/mol. The van der Waals surface area contributed by atoms with Crippen LogP contribution < -0.4 is 0 Å². The third-order valence-electron chi connectivity index (χ3n) is 3.89. The Morgan fingerprint density at radius 3 is 3.10 bits per heavy atom. The maximum absolute atomic E-state index is 13.7. The number of aliphatic hydroxyl groups is 1. The van der Waals surface area contributed by atoms with Crippen molar-refractivity contribution in [2.75, 3.05) is 0 Å². The topological polar surface area (TPSA) is 86.8 Å². The van der Waals surface area contributed by atoms with Crippen LogP contribution >= 0.6 is 0 Å². The number of aromatic nitrogens is 2. The van der Waals surface area contributed by atoms with Crippen LogP contribution in [0.3, 0.4) is 0 Å². The van der Waals surface area contributed by atoms with Crippen molar-refractivity contribution in [2.24, 2.45) is 5.11 Å². The van der Waals surface area contributed by atoms with Gasteiger partial charge in [0.25, 0.3) is 0 Å². The molecule has 1 aliphatic carbocycles. The molecule has 0 unspecified atom stereocenters. The van der Waals surface area contributed by atoms with Crippen molar-refractivity contribution in [3.05, 3.63) is 40.7 Å². The SMILES string of the molecule is [N-]=[N+]=N[C@@H]1CCC[C@H](n2ncc3c(F)cccc32)[C@H]1O. The molecule has 104 valence electrons. The van der Waals surface area contributed by atoms with Gasteiger partial charge in [0.1, 0.15) is 5.82 Å². The van der Waals surface area contributed by atoms with E-state index in [4.69, 9.17) is 5.53 Å². The van der Waals surface area contributed by atoms with E-state index in [0.717, 1.165) is 12.8 Å². The maximum atomic E-state index is 13.7. The van der Waals surface area contributed by atoms with E-state index in [2.05, 4.69) is 15.1 Å². The Morgan fingerprint density at radius 2 is 2.30 bits per heavy atom. The minimum atomic E-state index is -0.800. The largest absolute Gasteiger partial charge is 0.390 e. The maximum Gasteiger partial charge on any atom is 0.134 e. The highest BCUT2D eigenvalue weighted by atomic mass is 19.1. The third-order valence-corrected chi connectivity index (χ3v) is 3.89. The molecular formula is C13H14FN5O. The number of fused-ring (bicyclic) bond motifs is 1. The molecule has 1 saturated carbocycles. The highest BCUT2D eigenvalue weighted by molar-refractivity contribution is 5.79. The molecule has 1 fully saturated rings. The van der Waals surface area contributed by atoms with E-state index in [1.165, 1.54) is 12.3 Å². The van der Waals surface area contributed by atoms with Crippen LogP contribution in [0.1, 0.15) is 25.3 Å².